The van der Waals surface area contributed by atoms with Crippen LogP contribution in [0.5, 0.6) is 0 Å². The Kier molecular flexibility index (Phi) is 4.58. The van der Waals surface area contributed by atoms with Crippen LogP contribution in [0, 0.1) is 5.92 Å². The molecule has 7 heteroatoms. The van der Waals surface area contributed by atoms with E-state index in [2.05, 4.69) is 52.5 Å². The van der Waals surface area contributed by atoms with Crippen LogP contribution in [0.25, 0.3) is 16.9 Å². The molecule has 0 aromatic carbocycles. The number of fused-ring (bicyclic) bond motifs is 1. The van der Waals surface area contributed by atoms with Gasteiger partial charge in [0, 0.05) is 35.9 Å². The second-order valence-electron chi connectivity index (χ2n) is 6.98. The van der Waals surface area contributed by atoms with Crippen molar-refractivity contribution >= 4 is 17.3 Å². The zero-order chi connectivity index (χ0) is 18.8. The summed E-state index contributed by atoms with van der Waals surface area (Å²) in [6.45, 7) is 7.34. The van der Waals surface area contributed by atoms with E-state index in [1.165, 1.54) is 0 Å². The zero-order valence-corrected chi connectivity index (χ0v) is 15.8. The molecule has 0 saturated heterocycles. The van der Waals surface area contributed by atoms with Crippen molar-refractivity contribution in [1.82, 2.24) is 29.4 Å². The number of aryl methyl sites for hydroxylation is 1. The van der Waals surface area contributed by atoms with E-state index in [4.69, 9.17) is 0 Å². The molecule has 0 aliphatic heterocycles. The molecule has 4 heterocycles. The highest BCUT2D eigenvalue weighted by Crippen LogP contribution is 2.22. The van der Waals surface area contributed by atoms with Crippen LogP contribution < -0.4 is 5.32 Å². The van der Waals surface area contributed by atoms with Crippen LogP contribution >= 0.6 is 0 Å². The minimum Gasteiger partial charge on any atom is -0.323 e. The molecule has 4 aromatic rings. The maximum atomic E-state index is 4.65. The van der Waals surface area contributed by atoms with Gasteiger partial charge in [-0.05, 0) is 36.6 Å². The Hall–Kier alpha value is -3.22. The molecule has 0 radical (unpaired) electrons. The van der Waals surface area contributed by atoms with Crippen molar-refractivity contribution in [2.24, 2.45) is 5.92 Å². The maximum absolute atomic E-state index is 4.65. The van der Waals surface area contributed by atoms with Crippen LogP contribution in [-0.2, 0) is 13.0 Å². The van der Waals surface area contributed by atoms with Gasteiger partial charge in [0.1, 0.15) is 0 Å². The van der Waals surface area contributed by atoms with Gasteiger partial charge in [-0.2, -0.15) is 10.1 Å². The highest BCUT2D eigenvalue weighted by atomic mass is 15.4. The van der Waals surface area contributed by atoms with Gasteiger partial charge >= 0.3 is 0 Å². The van der Waals surface area contributed by atoms with Crippen molar-refractivity contribution in [2.45, 2.75) is 33.7 Å². The van der Waals surface area contributed by atoms with Crippen LogP contribution in [0.15, 0.2) is 48.9 Å². The lowest BCUT2D eigenvalue weighted by Gasteiger charge is -2.04. The van der Waals surface area contributed by atoms with Crippen molar-refractivity contribution in [2.75, 3.05) is 5.32 Å². The molecular weight excluding hydrogens is 338 g/mol. The average Bonchev–Trinajstić information content (AvgIpc) is 3.27. The van der Waals surface area contributed by atoms with Crippen molar-refractivity contribution in [3.63, 3.8) is 0 Å². The highest BCUT2D eigenvalue weighted by Gasteiger charge is 2.11. The maximum Gasteiger partial charge on any atom is 0.247 e. The van der Waals surface area contributed by atoms with Crippen LogP contribution in [-0.4, -0.2) is 29.4 Å². The van der Waals surface area contributed by atoms with E-state index in [9.17, 15) is 0 Å². The Morgan fingerprint density at radius 3 is 2.89 bits per heavy atom. The third kappa shape index (κ3) is 3.67. The van der Waals surface area contributed by atoms with Gasteiger partial charge in [-0.1, -0.05) is 26.8 Å². The van der Waals surface area contributed by atoms with E-state index >= 15 is 0 Å². The summed E-state index contributed by atoms with van der Waals surface area (Å²) < 4.78 is 3.82. The Balaban J connectivity index is 1.66. The lowest BCUT2D eigenvalue weighted by molar-refractivity contribution is 0.483. The van der Waals surface area contributed by atoms with Gasteiger partial charge in [0.15, 0.2) is 5.65 Å². The molecule has 27 heavy (non-hydrogen) atoms. The fraction of sp³-hybridized carbons (Fsp3) is 0.300. The molecule has 0 saturated carbocycles. The van der Waals surface area contributed by atoms with E-state index < -0.39 is 0 Å². The second-order valence-corrected chi connectivity index (χ2v) is 6.98. The Bertz CT molecular complexity index is 1060. The monoisotopic (exact) mass is 361 g/mol. The van der Waals surface area contributed by atoms with Crippen molar-refractivity contribution in [1.29, 1.82) is 0 Å². The Morgan fingerprint density at radius 1 is 1.19 bits per heavy atom. The molecule has 0 aliphatic carbocycles. The molecule has 0 amide bonds. The molecule has 0 aliphatic rings. The van der Waals surface area contributed by atoms with Crippen molar-refractivity contribution in [3.05, 3.63) is 54.6 Å². The third-order valence-electron chi connectivity index (χ3n) is 4.28. The molecule has 0 atom stereocenters. The third-order valence-corrected chi connectivity index (χ3v) is 4.28. The number of rotatable bonds is 6. The normalized spacial score (nSPS) is 11.4. The fourth-order valence-electron chi connectivity index (χ4n) is 3.02. The van der Waals surface area contributed by atoms with Crippen molar-refractivity contribution < 1.29 is 0 Å². The summed E-state index contributed by atoms with van der Waals surface area (Å²) in [4.78, 5) is 8.92. The minimum absolute atomic E-state index is 0.545. The van der Waals surface area contributed by atoms with Crippen LogP contribution in [0.1, 0.15) is 26.5 Å². The predicted molar refractivity (Wildman–Crippen MR) is 106 cm³/mol. The SMILES string of the molecule is CCc1cc(Nc2nc3cccc(-c4cnn(CC(C)C)c4)n3n2)ccn1. The van der Waals surface area contributed by atoms with Crippen LogP contribution in [0.4, 0.5) is 11.6 Å². The summed E-state index contributed by atoms with van der Waals surface area (Å²) in [6, 6.07) is 9.91. The van der Waals surface area contributed by atoms with E-state index in [1.807, 2.05) is 45.7 Å². The zero-order valence-electron chi connectivity index (χ0n) is 15.8. The summed E-state index contributed by atoms with van der Waals surface area (Å²) in [5.41, 5.74) is 4.74. The van der Waals surface area contributed by atoms with Crippen molar-refractivity contribution in [3.8, 4) is 11.3 Å². The van der Waals surface area contributed by atoms with E-state index in [-0.39, 0.29) is 0 Å². The molecule has 0 unspecified atom stereocenters. The van der Waals surface area contributed by atoms with Gasteiger partial charge in [0.2, 0.25) is 5.95 Å². The lowest BCUT2D eigenvalue weighted by atomic mass is 10.2. The largest absolute Gasteiger partial charge is 0.323 e. The molecule has 7 nitrogen and oxygen atoms in total. The molecule has 0 bridgehead atoms. The number of aromatic nitrogens is 6. The topological polar surface area (TPSA) is 72.9 Å². The standard InChI is InChI=1S/C20H23N7/c1-4-16-10-17(8-9-21-16)23-20-24-19-7-5-6-18(27(19)25-20)15-11-22-26(13-15)12-14(2)3/h5-11,13-14H,4,12H2,1-3H3,(H,21,23,25). The summed E-state index contributed by atoms with van der Waals surface area (Å²) in [5.74, 6) is 1.11. The molecular formula is C20H23N7. The average molecular weight is 361 g/mol. The first-order chi connectivity index (χ1) is 13.1. The van der Waals surface area contributed by atoms with Gasteiger partial charge in [0.25, 0.3) is 0 Å². The molecule has 4 aromatic heterocycles. The molecule has 4 rings (SSSR count). The van der Waals surface area contributed by atoms with Gasteiger partial charge < -0.3 is 5.32 Å². The van der Waals surface area contributed by atoms with E-state index in [1.54, 1.807) is 6.20 Å². The number of nitrogens with one attached hydrogen (secondary N) is 1. The second kappa shape index (κ2) is 7.19. The van der Waals surface area contributed by atoms with Crippen LogP contribution in [0.3, 0.4) is 0 Å². The minimum atomic E-state index is 0.545. The quantitative estimate of drug-likeness (QED) is 0.563. The fourth-order valence-corrected chi connectivity index (χ4v) is 3.02. The summed E-state index contributed by atoms with van der Waals surface area (Å²) in [5, 5.41) is 12.4. The number of pyridine rings is 2. The van der Waals surface area contributed by atoms with E-state index in [0.717, 1.165) is 41.3 Å². The molecule has 0 spiro atoms. The predicted octanol–water partition coefficient (Wildman–Crippen LogP) is 3.95. The van der Waals surface area contributed by atoms with Gasteiger partial charge in [-0.25, -0.2) is 4.52 Å². The first kappa shape index (κ1) is 17.2. The smallest absolute Gasteiger partial charge is 0.247 e. The van der Waals surface area contributed by atoms with Gasteiger partial charge in [-0.15, -0.1) is 5.10 Å². The number of hydrogen-bond acceptors (Lipinski definition) is 5. The van der Waals surface area contributed by atoms with Gasteiger partial charge in [-0.3, -0.25) is 9.67 Å². The van der Waals surface area contributed by atoms with E-state index in [0.29, 0.717) is 11.9 Å². The molecule has 0 fully saturated rings. The highest BCUT2D eigenvalue weighted by molar-refractivity contribution is 5.63. The lowest BCUT2D eigenvalue weighted by Crippen LogP contribution is -2.04. The number of anilines is 2. The molecule has 1 N–H and O–H groups in total. The van der Waals surface area contributed by atoms with Gasteiger partial charge in [0.05, 0.1) is 11.9 Å². The first-order valence-corrected chi connectivity index (χ1v) is 9.23. The molecule has 138 valence electrons. The number of nitrogens with zero attached hydrogens (tertiary/aromatic N) is 6. The summed E-state index contributed by atoms with van der Waals surface area (Å²) in [6.07, 6.45) is 6.62. The summed E-state index contributed by atoms with van der Waals surface area (Å²) in [7, 11) is 0. The Labute approximate surface area is 158 Å². The Morgan fingerprint density at radius 2 is 2.07 bits per heavy atom. The summed E-state index contributed by atoms with van der Waals surface area (Å²) >= 11 is 0. The van der Waals surface area contributed by atoms with Crippen LogP contribution in [0.2, 0.25) is 0 Å². The number of hydrogen-bond donors (Lipinski definition) is 1. The first-order valence-electron chi connectivity index (χ1n) is 9.23.